The summed E-state index contributed by atoms with van der Waals surface area (Å²) in [7, 11) is 1.80. The molecule has 0 radical (unpaired) electrons. The summed E-state index contributed by atoms with van der Waals surface area (Å²) < 4.78 is 1.65. The highest BCUT2D eigenvalue weighted by Crippen LogP contribution is 2.38. The largest absolute Gasteiger partial charge is 0.275 e. The average molecular weight is 314 g/mol. The van der Waals surface area contributed by atoms with Gasteiger partial charge in [0.2, 0.25) is 11.8 Å². The van der Waals surface area contributed by atoms with Crippen LogP contribution in [0.3, 0.4) is 0 Å². The predicted octanol–water partition coefficient (Wildman–Crippen LogP) is 1.08. The lowest BCUT2D eigenvalue weighted by Crippen LogP contribution is -2.40. The van der Waals surface area contributed by atoms with Crippen molar-refractivity contribution in [2.75, 3.05) is 0 Å². The van der Waals surface area contributed by atoms with Gasteiger partial charge in [-0.1, -0.05) is 0 Å². The number of terminal acetylenes is 1. The molecule has 1 N–H and O–H groups in total. The summed E-state index contributed by atoms with van der Waals surface area (Å²) >= 11 is 0. The molecule has 3 heterocycles. The summed E-state index contributed by atoms with van der Waals surface area (Å²) in [5, 5.41) is 13.5. The van der Waals surface area contributed by atoms with Crippen LogP contribution < -0.4 is 5.43 Å². The molecule has 120 valence electrons. The Hall–Kier alpha value is -2.69. The number of nitrogens with zero attached hydrogens (tertiary/aromatic N) is 5. The Bertz CT molecular complexity index is 695. The third kappa shape index (κ3) is 3.23. The van der Waals surface area contributed by atoms with E-state index in [0.29, 0.717) is 19.3 Å². The number of aryl methyl sites for hydroxylation is 1. The summed E-state index contributed by atoms with van der Waals surface area (Å²) in [5.74, 6) is 2.24. The molecule has 0 aliphatic carbocycles. The van der Waals surface area contributed by atoms with Gasteiger partial charge in [-0.15, -0.1) is 12.3 Å². The molecular formula is C15H18N6O2. The first-order chi connectivity index (χ1) is 11.0. The van der Waals surface area contributed by atoms with E-state index >= 15 is 0 Å². The van der Waals surface area contributed by atoms with Gasteiger partial charge in [-0.3, -0.25) is 19.7 Å². The van der Waals surface area contributed by atoms with Crippen LogP contribution in [0, 0.1) is 12.3 Å². The molecule has 1 aromatic rings. The summed E-state index contributed by atoms with van der Waals surface area (Å²) in [6.07, 6.45) is 11.0. The van der Waals surface area contributed by atoms with Crippen LogP contribution in [0.4, 0.5) is 0 Å². The van der Waals surface area contributed by atoms with Crippen LogP contribution >= 0.6 is 0 Å². The highest BCUT2D eigenvalue weighted by atomic mass is 16.2. The summed E-state index contributed by atoms with van der Waals surface area (Å²) in [5.41, 5.74) is 2.97. The fourth-order valence-electron chi connectivity index (χ4n) is 2.74. The zero-order valence-corrected chi connectivity index (χ0v) is 12.9. The van der Waals surface area contributed by atoms with Crippen LogP contribution in [0.2, 0.25) is 0 Å². The zero-order valence-electron chi connectivity index (χ0n) is 12.9. The fraction of sp³-hybridized carbons (Fsp3) is 0.533. The van der Waals surface area contributed by atoms with Gasteiger partial charge in [0.15, 0.2) is 5.66 Å². The van der Waals surface area contributed by atoms with Gasteiger partial charge in [0.1, 0.15) is 0 Å². The van der Waals surface area contributed by atoms with E-state index in [2.05, 4.69) is 26.7 Å². The van der Waals surface area contributed by atoms with E-state index in [0.717, 1.165) is 5.56 Å². The Morgan fingerprint density at radius 1 is 1.52 bits per heavy atom. The lowest BCUT2D eigenvalue weighted by atomic mass is 10.0. The first-order valence-electron chi connectivity index (χ1n) is 7.51. The van der Waals surface area contributed by atoms with Gasteiger partial charge in [0.25, 0.3) is 0 Å². The number of hydrogen-bond acceptors (Lipinski definition) is 5. The van der Waals surface area contributed by atoms with Gasteiger partial charge in [-0.05, 0) is 0 Å². The topological polar surface area (TPSA) is 92.0 Å². The molecule has 2 aliphatic rings. The van der Waals surface area contributed by atoms with Crippen molar-refractivity contribution in [1.82, 2.24) is 20.2 Å². The molecule has 1 saturated heterocycles. The van der Waals surface area contributed by atoms with E-state index in [9.17, 15) is 9.59 Å². The van der Waals surface area contributed by atoms with Crippen LogP contribution in [-0.2, 0) is 16.6 Å². The Balaban J connectivity index is 1.61. The molecule has 1 atom stereocenters. The molecule has 23 heavy (non-hydrogen) atoms. The second-order valence-electron chi connectivity index (χ2n) is 5.85. The van der Waals surface area contributed by atoms with E-state index < -0.39 is 5.66 Å². The van der Waals surface area contributed by atoms with E-state index in [1.165, 1.54) is 5.01 Å². The van der Waals surface area contributed by atoms with Crippen LogP contribution in [0.5, 0.6) is 0 Å². The number of hydrazine groups is 1. The van der Waals surface area contributed by atoms with Gasteiger partial charge in [-0.2, -0.15) is 15.3 Å². The van der Waals surface area contributed by atoms with E-state index in [1.807, 2.05) is 6.20 Å². The molecule has 1 fully saturated rings. The minimum atomic E-state index is -0.491. The van der Waals surface area contributed by atoms with E-state index in [4.69, 9.17) is 6.42 Å². The second kappa shape index (κ2) is 5.83. The molecule has 1 aromatic heterocycles. The Kier molecular flexibility index (Phi) is 3.86. The number of carbonyl (C=O) groups excluding carboxylic acids is 2. The van der Waals surface area contributed by atoms with Crippen LogP contribution in [0.25, 0.3) is 0 Å². The van der Waals surface area contributed by atoms with Crippen LogP contribution in [0.1, 0.15) is 43.7 Å². The highest BCUT2D eigenvalue weighted by molar-refractivity contribution is 5.86. The quantitative estimate of drug-likeness (QED) is 0.796. The second-order valence-corrected chi connectivity index (χ2v) is 5.85. The van der Waals surface area contributed by atoms with Crippen LogP contribution in [-0.4, -0.2) is 32.3 Å². The Labute approximate surface area is 133 Å². The number of aromatic nitrogens is 2. The van der Waals surface area contributed by atoms with Crippen molar-refractivity contribution in [3.8, 4) is 12.3 Å². The zero-order chi connectivity index (χ0) is 16.4. The average Bonchev–Trinajstić information content (AvgIpc) is 2.99. The molecule has 1 unspecified atom stereocenters. The lowest BCUT2D eigenvalue weighted by molar-refractivity contribution is -0.138. The van der Waals surface area contributed by atoms with Crippen molar-refractivity contribution < 1.29 is 9.59 Å². The number of carbonyl (C=O) groups is 2. The molecule has 0 saturated carbocycles. The minimum Gasteiger partial charge on any atom is -0.275 e. The maximum absolute atomic E-state index is 12.5. The van der Waals surface area contributed by atoms with Crippen molar-refractivity contribution >= 4 is 11.8 Å². The van der Waals surface area contributed by atoms with E-state index in [-0.39, 0.29) is 30.7 Å². The van der Waals surface area contributed by atoms with Gasteiger partial charge < -0.3 is 0 Å². The third-order valence-corrected chi connectivity index (χ3v) is 4.11. The molecular weight excluding hydrogens is 296 g/mol. The lowest BCUT2D eigenvalue weighted by Gasteiger charge is -2.23. The molecule has 8 heteroatoms. The van der Waals surface area contributed by atoms with Gasteiger partial charge in [0, 0.05) is 44.5 Å². The SMILES string of the molecule is C#CCCC1(CCC(=O)N2NC(=O)CC2c2cnn(C)c2)N=N1. The smallest absolute Gasteiger partial charge is 0.241 e. The van der Waals surface area contributed by atoms with E-state index in [1.54, 1.807) is 17.9 Å². The Morgan fingerprint density at radius 2 is 2.30 bits per heavy atom. The standard InChI is InChI=1S/C15H18N6O2/c1-3-4-6-15(18-19-15)7-5-14(23)21-12(8-13(22)17-21)11-9-16-20(2)10-11/h1,9-10,12H,4-8H2,2H3,(H,17,22). The molecule has 3 rings (SSSR count). The molecule has 0 bridgehead atoms. The number of rotatable bonds is 6. The van der Waals surface area contributed by atoms with Gasteiger partial charge >= 0.3 is 0 Å². The summed E-state index contributed by atoms with van der Waals surface area (Å²) in [4.78, 5) is 24.2. The Morgan fingerprint density at radius 3 is 2.91 bits per heavy atom. The number of nitrogens with one attached hydrogen (secondary N) is 1. The first kappa shape index (κ1) is 15.2. The first-order valence-corrected chi connectivity index (χ1v) is 7.51. The highest BCUT2D eigenvalue weighted by Gasteiger charge is 2.41. The van der Waals surface area contributed by atoms with Gasteiger partial charge in [0.05, 0.1) is 18.7 Å². The number of amides is 2. The fourth-order valence-corrected chi connectivity index (χ4v) is 2.74. The monoisotopic (exact) mass is 314 g/mol. The van der Waals surface area contributed by atoms with Crippen molar-refractivity contribution in [2.24, 2.45) is 17.3 Å². The number of hydrogen-bond donors (Lipinski definition) is 1. The maximum Gasteiger partial charge on any atom is 0.241 e. The minimum absolute atomic E-state index is 0.151. The molecule has 0 spiro atoms. The summed E-state index contributed by atoms with van der Waals surface area (Å²) in [6.45, 7) is 0. The molecule has 2 amide bonds. The van der Waals surface area contributed by atoms with Crippen molar-refractivity contribution in [2.45, 2.75) is 43.8 Å². The van der Waals surface area contributed by atoms with Crippen molar-refractivity contribution in [1.29, 1.82) is 0 Å². The maximum atomic E-state index is 12.5. The molecule has 2 aliphatic heterocycles. The normalized spacial score (nSPS) is 21.1. The van der Waals surface area contributed by atoms with Crippen molar-refractivity contribution in [3.63, 3.8) is 0 Å². The van der Waals surface area contributed by atoms with Gasteiger partial charge in [-0.25, -0.2) is 5.01 Å². The molecule has 0 aromatic carbocycles. The molecule has 8 nitrogen and oxygen atoms in total. The predicted molar refractivity (Wildman–Crippen MR) is 80.4 cm³/mol. The summed E-state index contributed by atoms with van der Waals surface area (Å²) in [6, 6.07) is -0.321. The van der Waals surface area contributed by atoms with Crippen LogP contribution in [0.15, 0.2) is 22.6 Å². The third-order valence-electron chi connectivity index (χ3n) is 4.11. The van der Waals surface area contributed by atoms with Crippen molar-refractivity contribution in [3.05, 3.63) is 18.0 Å².